The third kappa shape index (κ3) is 2.08. The first kappa shape index (κ1) is 12.2. The summed E-state index contributed by atoms with van der Waals surface area (Å²) in [6, 6.07) is 14.1. The fraction of sp³-hybridized carbons (Fsp3) is 0. The van der Waals surface area contributed by atoms with Gasteiger partial charge in [-0.25, -0.2) is 15.8 Å². The summed E-state index contributed by atoms with van der Waals surface area (Å²) in [5.41, 5.74) is 9.70. The standard InChI is InChI=1S/C14H14N6/c15-12-13(17-8-18-14(12)20-16)19-11-7-3-5-9-4-1-2-6-10(9)11/h1-8H,15-16H2,(H2,17,18,19,20). The smallest absolute Gasteiger partial charge is 0.168 e. The molecule has 0 aliphatic carbocycles. The lowest BCUT2D eigenvalue weighted by Crippen LogP contribution is -2.12. The van der Waals surface area contributed by atoms with Crippen LogP contribution in [0, 0.1) is 0 Å². The molecule has 1 aromatic heterocycles. The predicted molar refractivity (Wildman–Crippen MR) is 81.5 cm³/mol. The van der Waals surface area contributed by atoms with Gasteiger partial charge < -0.3 is 16.5 Å². The van der Waals surface area contributed by atoms with Crippen molar-refractivity contribution < 1.29 is 0 Å². The zero-order valence-corrected chi connectivity index (χ0v) is 10.7. The Bertz CT molecular complexity index is 750. The van der Waals surface area contributed by atoms with E-state index in [1.165, 1.54) is 6.33 Å². The summed E-state index contributed by atoms with van der Waals surface area (Å²) in [6.07, 6.45) is 1.40. The van der Waals surface area contributed by atoms with Crippen LogP contribution < -0.4 is 22.3 Å². The van der Waals surface area contributed by atoms with Crippen molar-refractivity contribution in [2.45, 2.75) is 0 Å². The average molecular weight is 266 g/mol. The van der Waals surface area contributed by atoms with Gasteiger partial charge in [-0.05, 0) is 11.5 Å². The first-order valence-electron chi connectivity index (χ1n) is 6.11. The summed E-state index contributed by atoms with van der Waals surface area (Å²) in [5, 5.41) is 5.45. The van der Waals surface area contributed by atoms with E-state index in [-0.39, 0.29) is 0 Å². The zero-order chi connectivity index (χ0) is 13.9. The van der Waals surface area contributed by atoms with Gasteiger partial charge in [0.05, 0.1) is 0 Å². The Labute approximate surface area is 115 Å². The minimum Gasteiger partial charge on any atom is -0.393 e. The number of hydrazine groups is 1. The molecule has 0 spiro atoms. The molecule has 0 saturated carbocycles. The summed E-state index contributed by atoms with van der Waals surface area (Å²) in [6.45, 7) is 0. The van der Waals surface area contributed by atoms with Crippen molar-refractivity contribution in [3.8, 4) is 0 Å². The second-order valence-electron chi connectivity index (χ2n) is 4.28. The lowest BCUT2D eigenvalue weighted by atomic mass is 10.1. The Hall–Kier alpha value is -2.86. The molecule has 3 aromatic rings. The number of nitrogens with two attached hydrogens (primary N) is 2. The predicted octanol–water partition coefficient (Wildman–Crippen LogP) is 2.24. The highest BCUT2D eigenvalue weighted by Gasteiger charge is 2.08. The minimum absolute atomic E-state index is 0.378. The first-order valence-corrected chi connectivity index (χ1v) is 6.11. The minimum atomic E-state index is 0.378. The van der Waals surface area contributed by atoms with Crippen LogP contribution in [0.5, 0.6) is 0 Å². The van der Waals surface area contributed by atoms with E-state index in [9.17, 15) is 0 Å². The number of anilines is 4. The van der Waals surface area contributed by atoms with E-state index >= 15 is 0 Å². The van der Waals surface area contributed by atoms with Crippen molar-refractivity contribution in [3.05, 3.63) is 48.8 Å². The fourth-order valence-corrected chi connectivity index (χ4v) is 2.07. The molecular weight excluding hydrogens is 252 g/mol. The Balaban J connectivity index is 2.06. The number of nitrogens with one attached hydrogen (secondary N) is 2. The molecule has 6 N–H and O–H groups in total. The number of aromatic nitrogens is 2. The van der Waals surface area contributed by atoms with E-state index in [1.807, 2.05) is 30.3 Å². The average Bonchev–Trinajstić information content (AvgIpc) is 2.50. The zero-order valence-electron chi connectivity index (χ0n) is 10.7. The summed E-state index contributed by atoms with van der Waals surface area (Å²) >= 11 is 0. The largest absolute Gasteiger partial charge is 0.393 e. The maximum atomic E-state index is 5.96. The molecule has 2 aromatic carbocycles. The van der Waals surface area contributed by atoms with Crippen molar-refractivity contribution in [2.75, 3.05) is 16.5 Å². The monoisotopic (exact) mass is 266 g/mol. The van der Waals surface area contributed by atoms with Gasteiger partial charge in [0.1, 0.15) is 12.0 Å². The molecule has 6 heteroatoms. The van der Waals surface area contributed by atoms with Gasteiger partial charge in [-0.3, -0.25) is 0 Å². The molecule has 3 rings (SSSR count). The van der Waals surface area contributed by atoms with Crippen LogP contribution in [-0.4, -0.2) is 9.97 Å². The third-order valence-corrected chi connectivity index (χ3v) is 3.06. The van der Waals surface area contributed by atoms with Gasteiger partial charge in [0.2, 0.25) is 0 Å². The summed E-state index contributed by atoms with van der Waals surface area (Å²) < 4.78 is 0. The Morgan fingerprint density at radius 1 is 0.900 bits per heavy atom. The Morgan fingerprint density at radius 3 is 2.50 bits per heavy atom. The van der Waals surface area contributed by atoms with E-state index in [0.717, 1.165) is 16.5 Å². The van der Waals surface area contributed by atoms with Gasteiger partial charge in [-0.15, -0.1) is 0 Å². The van der Waals surface area contributed by atoms with E-state index in [1.54, 1.807) is 0 Å². The van der Waals surface area contributed by atoms with Crippen LogP contribution in [0.2, 0.25) is 0 Å². The van der Waals surface area contributed by atoms with E-state index in [0.29, 0.717) is 17.3 Å². The summed E-state index contributed by atoms with van der Waals surface area (Å²) in [4.78, 5) is 8.10. The van der Waals surface area contributed by atoms with Crippen molar-refractivity contribution in [1.82, 2.24) is 9.97 Å². The second kappa shape index (κ2) is 5.02. The summed E-state index contributed by atoms with van der Waals surface area (Å²) in [5.74, 6) is 6.26. The second-order valence-corrected chi connectivity index (χ2v) is 4.28. The Kier molecular flexibility index (Phi) is 3.06. The topological polar surface area (TPSA) is 102 Å². The highest BCUT2D eigenvalue weighted by Crippen LogP contribution is 2.29. The molecule has 0 aliphatic rings. The number of hydrogen-bond acceptors (Lipinski definition) is 6. The number of hydrogen-bond donors (Lipinski definition) is 4. The maximum Gasteiger partial charge on any atom is 0.168 e. The number of fused-ring (bicyclic) bond motifs is 1. The fourth-order valence-electron chi connectivity index (χ4n) is 2.07. The molecule has 0 bridgehead atoms. The maximum absolute atomic E-state index is 5.96. The van der Waals surface area contributed by atoms with Crippen LogP contribution in [0.25, 0.3) is 10.8 Å². The number of rotatable bonds is 3. The molecular formula is C14H14N6. The van der Waals surface area contributed by atoms with Crippen LogP contribution in [0.15, 0.2) is 48.8 Å². The molecule has 0 aliphatic heterocycles. The van der Waals surface area contributed by atoms with Gasteiger partial charge >= 0.3 is 0 Å². The van der Waals surface area contributed by atoms with E-state index in [2.05, 4.69) is 32.8 Å². The highest BCUT2D eigenvalue weighted by molar-refractivity contribution is 5.96. The molecule has 0 fully saturated rings. The molecule has 20 heavy (non-hydrogen) atoms. The van der Waals surface area contributed by atoms with Crippen LogP contribution >= 0.6 is 0 Å². The van der Waals surface area contributed by atoms with Gasteiger partial charge in [0, 0.05) is 11.1 Å². The van der Waals surface area contributed by atoms with Crippen LogP contribution in [0.4, 0.5) is 23.0 Å². The number of benzene rings is 2. The van der Waals surface area contributed by atoms with Crippen molar-refractivity contribution in [1.29, 1.82) is 0 Å². The van der Waals surface area contributed by atoms with Crippen molar-refractivity contribution >= 4 is 33.8 Å². The first-order chi connectivity index (χ1) is 9.79. The van der Waals surface area contributed by atoms with Crippen molar-refractivity contribution in [2.24, 2.45) is 5.84 Å². The Morgan fingerprint density at radius 2 is 1.65 bits per heavy atom. The molecule has 1 heterocycles. The van der Waals surface area contributed by atoms with Gasteiger partial charge in [0.25, 0.3) is 0 Å². The van der Waals surface area contributed by atoms with E-state index < -0.39 is 0 Å². The molecule has 0 atom stereocenters. The normalized spacial score (nSPS) is 10.4. The number of nitrogens with zero attached hydrogens (tertiary/aromatic N) is 2. The third-order valence-electron chi connectivity index (χ3n) is 3.06. The number of nitrogen functional groups attached to an aromatic ring is 2. The molecule has 0 saturated heterocycles. The molecule has 6 nitrogen and oxygen atoms in total. The molecule has 100 valence electrons. The quantitative estimate of drug-likeness (QED) is 0.428. The highest BCUT2D eigenvalue weighted by atomic mass is 15.3. The lowest BCUT2D eigenvalue weighted by Gasteiger charge is -2.12. The lowest BCUT2D eigenvalue weighted by molar-refractivity contribution is 1.14. The summed E-state index contributed by atoms with van der Waals surface area (Å²) in [7, 11) is 0. The van der Waals surface area contributed by atoms with Crippen LogP contribution in [0.1, 0.15) is 0 Å². The van der Waals surface area contributed by atoms with Gasteiger partial charge in [0.15, 0.2) is 11.6 Å². The SMILES string of the molecule is NNc1ncnc(Nc2cccc3ccccc23)c1N. The van der Waals surface area contributed by atoms with Gasteiger partial charge in [-0.2, -0.15) is 0 Å². The van der Waals surface area contributed by atoms with E-state index in [4.69, 9.17) is 11.6 Å². The van der Waals surface area contributed by atoms with Gasteiger partial charge in [-0.1, -0.05) is 36.4 Å². The molecule has 0 radical (unpaired) electrons. The van der Waals surface area contributed by atoms with Crippen molar-refractivity contribution in [3.63, 3.8) is 0 Å². The van der Waals surface area contributed by atoms with Crippen LogP contribution in [0.3, 0.4) is 0 Å². The molecule has 0 amide bonds. The van der Waals surface area contributed by atoms with Crippen LogP contribution in [-0.2, 0) is 0 Å². The molecule has 0 unspecified atom stereocenters.